The Kier molecular flexibility index (Phi) is 9.01. The van der Waals surface area contributed by atoms with Gasteiger partial charge < -0.3 is 19.5 Å². The summed E-state index contributed by atoms with van der Waals surface area (Å²) in [6, 6.07) is 18.1. The normalized spacial score (nSPS) is 19.4. The van der Waals surface area contributed by atoms with Crippen molar-refractivity contribution in [1.29, 1.82) is 0 Å². The largest absolute Gasteiger partial charge is 0.495 e. The third kappa shape index (κ3) is 6.54. The summed E-state index contributed by atoms with van der Waals surface area (Å²) in [6.45, 7) is 2.60. The first-order valence-electron chi connectivity index (χ1n) is 12.2. The van der Waals surface area contributed by atoms with E-state index in [-0.39, 0.29) is 17.8 Å². The Bertz CT molecular complexity index is 1110. The van der Waals surface area contributed by atoms with Gasteiger partial charge in [-0.15, -0.1) is 11.8 Å². The van der Waals surface area contributed by atoms with Crippen molar-refractivity contribution in [3.63, 3.8) is 0 Å². The molecular weight excluding hydrogens is 460 g/mol. The smallest absolute Gasteiger partial charge is 0.310 e. The highest BCUT2D eigenvalue weighted by molar-refractivity contribution is 7.99. The molecule has 4 rings (SSSR count). The molecule has 7 heteroatoms. The van der Waals surface area contributed by atoms with Crippen LogP contribution < -0.4 is 4.74 Å². The Morgan fingerprint density at radius 3 is 2.80 bits per heavy atom. The molecule has 0 radical (unpaired) electrons. The van der Waals surface area contributed by atoms with Crippen LogP contribution in [0.15, 0.2) is 65.7 Å². The second-order valence-electron chi connectivity index (χ2n) is 9.02. The van der Waals surface area contributed by atoms with Crippen LogP contribution in [0.2, 0.25) is 0 Å². The molecule has 1 N–H and O–H groups in total. The summed E-state index contributed by atoms with van der Waals surface area (Å²) in [4.78, 5) is 20.7. The summed E-state index contributed by atoms with van der Waals surface area (Å²) < 4.78 is 10.5. The van der Waals surface area contributed by atoms with Gasteiger partial charge >= 0.3 is 5.97 Å². The summed E-state index contributed by atoms with van der Waals surface area (Å²) >= 11 is 1.84. The number of nitrogens with zero attached hydrogens (tertiary/aromatic N) is 2. The van der Waals surface area contributed by atoms with Gasteiger partial charge in [0.15, 0.2) is 0 Å². The first-order valence-corrected chi connectivity index (χ1v) is 13.2. The van der Waals surface area contributed by atoms with E-state index in [0.717, 1.165) is 48.2 Å². The van der Waals surface area contributed by atoms with E-state index in [1.165, 1.54) is 12.0 Å². The zero-order chi connectivity index (χ0) is 24.6. The predicted molar refractivity (Wildman–Crippen MR) is 140 cm³/mol. The quantitative estimate of drug-likeness (QED) is 0.315. The van der Waals surface area contributed by atoms with Gasteiger partial charge in [0.1, 0.15) is 5.75 Å². The lowest BCUT2D eigenvalue weighted by Crippen LogP contribution is -2.45. The number of hydrogen-bond acceptors (Lipinski definition) is 7. The number of aromatic nitrogens is 1. The average Bonchev–Trinajstić information content (AvgIpc) is 2.91. The van der Waals surface area contributed by atoms with Gasteiger partial charge in [-0.2, -0.15) is 0 Å². The van der Waals surface area contributed by atoms with Gasteiger partial charge in [0, 0.05) is 29.1 Å². The van der Waals surface area contributed by atoms with Gasteiger partial charge in [-0.05, 0) is 61.6 Å². The molecule has 186 valence electrons. The van der Waals surface area contributed by atoms with Crippen molar-refractivity contribution in [1.82, 2.24) is 9.88 Å². The molecule has 0 amide bonds. The molecule has 0 aliphatic carbocycles. The summed E-state index contributed by atoms with van der Waals surface area (Å²) in [5.41, 5.74) is 1.68. The molecule has 0 saturated carbocycles. The van der Waals surface area contributed by atoms with Crippen molar-refractivity contribution >= 4 is 28.6 Å². The predicted octanol–water partition coefficient (Wildman–Crippen LogP) is 4.96. The topological polar surface area (TPSA) is 71.9 Å². The van der Waals surface area contributed by atoms with Gasteiger partial charge in [0.25, 0.3) is 0 Å². The minimum absolute atomic E-state index is 0.149. The van der Waals surface area contributed by atoms with Crippen LogP contribution in [0.5, 0.6) is 5.75 Å². The van der Waals surface area contributed by atoms with E-state index < -0.39 is 6.10 Å². The number of hydrogen-bond donors (Lipinski definition) is 1. The molecule has 1 fully saturated rings. The molecule has 3 aromatic rings. The maximum absolute atomic E-state index is 12.6. The third-order valence-corrected chi connectivity index (χ3v) is 7.90. The second kappa shape index (κ2) is 12.4. The van der Waals surface area contributed by atoms with E-state index in [1.807, 2.05) is 42.1 Å². The van der Waals surface area contributed by atoms with Crippen LogP contribution in [0.1, 0.15) is 30.9 Å². The summed E-state index contributed by atoms with van der Waals surface area (Å²) in [5.74, 6) is 1.53. The molecule has 0 spiro atoms. The number of esters is 1. The van der Waals surface area contributed by atoms with Gasteiger partial charge in [-0.3, -0.25) is 9.78 Å². The Labute approximate surface area is 211 Å². The number of fused-ring (bicyclic) bond motifs is 1. The van der Waals surface area contributed by atoms with Crippen LogP contribution in [0.4, 0.5) is 0 Å². The monoisotopic (exact) mass is 494 g/mol. The number of piperidine rings is 1. The van der Waals surface area contributed by atoms with Gasteiger partial charge in [-0.25, -0.2) is 0 Å². The number of carbonyl (C=O) groups is 1. The Hall–Kier alpha value is -2.61. The number of rotatable bonds is 10. The molecule has 1 unspecified atom stereocenters. The molecule has 0 bridgehead atoms. The van der Waals surface area contributed by atoms with Crippen LogP contribution >= 0.6 is 11.8 Å². The number of thioether (sulfide) groups is 1. The zero-order valence-electron chi connectivity index (χ0n) is 20.4. The first-order chi connectivity index (χ1) is 17.1. The fraction of sp³-hybridized carbons (Fsp3) is 0.429. The van der Waals surface area contributed by atoms with E-state index in [0.29, 0.717) is 18.7 Å². The molecule has 2 aromatic carbocycles. The highest BCUT2D eigenvalue weighted by Crippen LogP contribution is 2.34. The number of aliphatic hydroxyl groups is 1. The van der Waals surface area contributed by atoms with Crippen molar-refractivity contribution in [3.05, 3.63) is 66.4 Å². The second-order valence-corrected chi connectivity index (χ2v) is 10.2. The Balaban J connectivity index is 1.36. The van der Waals surface area contributed by atoms with Gasteiger partial charge in [0.2, 0.25) is 0 Å². The molecule has 35 heavy (non-hydrogen) atoms. The van der Waals surface area contributed by atoms with Crippen molar-refractivity contribution < 1.29 is 19.4 Å². The maximum Gasteiger partial charge on any atom is 0.310 e. The Morgan fingerprint density at radius 2 is 2.03 bits per heavy atom. The molecule has 1 saturated heterocycles. The lowest BCUT2D eigenvalue weighted by Gasteiger charge is -2.37. The van der Waals surface area contributed by atoms with Gasteiger partial charge in [-0.1, -0.05) is 30.3 Å². The van der Waals surface area contributed by atoms with Crippen LogP contribution in [0.25, 0.3) is 10.9 Å². The maximum atomic E-state index is 12.6. The SMILES string of the molecule is COC(=O)C1CN(CCSc2ccccc2)CC[C@H]1CC[C@@H](O)c1cccc2ncc(OC)cc12. The van der Waals surface area contributed by atoms with Crippen LogP contribution in [-0.2, 0) is 9.53 Å². The summed E-state index contributed by atoms with van der Waals surface area (Å²) in [7, 11) is 3.08. The summed E-state index contributed by atoms with van der Waals surface area (Å²) in [6.07, 6.45) is 3.32. The van der Waals surface area contributed by atoms with E-state index in [9.17, 15) is 9.90 Å². The standard InChI is InChI=1S/C28H34N2O4S/c1-33-21-17-24-23(9-6-10-26(24)29-18-21)27(31)12-11-20-13-14-30(19-25(20)28(32)34-2)15-16-35-22-7-4-3-5-8-22/h3-10,17-18,20,25,27,31H,11-16,19H2,1-2H3/t20-,25?,27-/m1/s1. The molecule has 1 aliphatic heterocycles. The van der Waals surface area contributed by atoms with Crippen molar-refractivity contribution in [3.8, 4) is 5.75 Å². The highest BCUT2D eigenvalue weighted by Gasteiger charge is 2.35. The third-order valence-electron chi connectivity index (χ3n) is 6.90. The lowest BCUT2D eigenvalue weighted by atomic mass is 9.81. The molecular formula is C28H34N2O4S. The molecule has 3 atom stereocenters. The first kappa shape index (κ1) is 25.5. The molecule has 1 aliphatic rings. The van der Waals surface area contributed by atoms with Crippen molar-refractivity contribution in [2.24, 2.45) is 11.8 Å². The van der Waals surface area contributed by atoms with E-state index in [2.05, 4.69) is 34.1 Å². The fourth-order valence-corrected chi connectivity index (χ4v) is 5.86. The number of likely N-dealkylation sites (tertiary alicyclic amines) is 1. The number of ether oxygens (including phenoxy) is 2. The minimum atomic E-state index is -0.633. The van der Waals surface area contributed by atoms with Crippen LogP contribution in [0, 0.1) is 11.8 Å². The molecule has 6 nitrogen and oxygen atoms in total. The number of aliphatic hydroxyl groups excluding tert-OH is 1. The van der Waals surface area contributed by atoms with Crippen LogP contribution in [-0.4, -0.2) is 60.6 Å². The number of pyridine rings is 1. The van der Waals surface area contributed by atoms with E-state index >= 15 is 0 Å². The number of methoxy groups -OCH3 is 2. The van der Waals surface area contributed by atoms with Gasteiger partial charge in [0.05, 0.1) is 38.0 Å². The molecule has 2 heterocycles. The minimum Gasteiger partial charge on any atom is -0.495 e. The highest BCUT2D eigenvalue weighted by atomic mass is 32.2. The average molecular weight is 495 g/mol. The fourth-order valence-electron chi connectivity index (χ4n) is 4.93. The number of carbonyl (C=O) groups excluding carboxylic acids is 1. The number of benzene rings is 2. The Morgan fingerprint density at radius 1 is 1.20 bits per heavy atom. The zero-order valence-corrected chi connectivity index (χ0v) is 21.2. The van der Waals surface area contributed by atoms with E-state index in [4.69, 9.17) is 9.47 Å². The van der Waals surface area contributed by atoms with Crippen molar-refractivity contribution in [2.45, 2.75) is 30.3 Å². The lowest BCUT2D eigenvalue weighted by molar-refractivity contribution is -0.150. The van der Waals surface area contributed by atoms with Crippen LogP contribution in [0.3, 0.4) is 0 Å². The van der Waals surface area contributed by atoms with E-state index in [1.54, 1.807) is 13.3 Å². The van der Waals surface area contributed by atoms with Crippen molar-refractivity contribution in [2.75, 3.05) is 39.6 Å². The summed E-state index contributed by atoms with van der Waals surface area (Å²) in [5, 5.41) is 12.0. The molecule has 1 aromatic heterocycles.